The molecule has 3 nitrogen and oxygen atoms in total. The number of hydrogen-bond donors (Lipinski definition) is 1. The number of aromatic nitrogens is 2. The third-order valence-electron chi connectivity index (χ3n) is 2.93. The highest BCUT2D eigenvalue weighted by atomic mass is 16.3. The molecule has 2 rings (SSSR count). The fraction of sp³-hybridized carbons (Fsp3) is 0.429. The van der Waals surface area contributed by atoms with Gasteiger partial charge in [0.25, 0.3) is 0 Å². The molecule has 1 heterocycles. The minimum Gasteiger partial charge on any atom is -0.386 e. The molecular weight excluding hydrogens is 212 g/mol. The largest absolute Gasteiger partial charge is 0.386 e. The smallest absolute Gasteiger partial charge is 0.110 e. The van der Waals surface area contributed by atoms with Crippen molar-refractivity contribution in [3.05, 3.63) is 36.6 Å². The summed E-state index contributed by atoms with van der Waals surface area (Å²) in [5, 5.41) is 10.1. The molecule has 3 heteroatoms. The molecule has 0 fully saturated rings. The Balaban J connectivity index is 2.69. The standard InChI is InChI=1S/C14H18N2O/c1-5-7-12-15-13-10(14(2,3)17)8-6-9-11(13)16(12)4/h4,6,8-9,17H,5,7H2,1-3H3. The van der Waals surface area contributed by atoms with Gasteiger partial charge >= 0.3 is 0 Å². The highest BCUT2D eigenvalue weighted by Gasteiger charge is 2.21. The number of para-hydroxylation sites is 1. The molecule has 0 atom stereocenters. The van der Waals surface area contributed by atoms with Crippen LogP contribution in [-0.2, 0) is 12.0 Å². The SMILES string of the molecule is [CH]n1c(CCC)nc2c(C(C)(C)O)cccc21. The first-order chi connectivity index (χ1) is 7.95. The summed E-state index contributed by atoms with van der Waals surface area (Å²) in [6.07, 6.45) is 1.84. The molecule has 0 bridgehead atoms. The summed E-state index contributed by atoms with van der Waals surface area (Å²) >= 11 is 0. The fourth-order valence-electron chi connectivity index (χ4n) is 2.06. The number of imidazole rings is 1. The molecule has 17 heavy (non-hydrogen) atoms. The van der Waals surface area contributed by atoms with Crippen molar-refractivity contribution >= 4 is 11.0 Å². The van der Waals surface area contributed by atoms with Gasteiger partial charge in [-0.25, -0.2) is 4.98 Å². The second kappa shape index (κ2) is 4.15. The molecule has 0 spiro atoms. The maximum atomic E-state index is 10.1. The van der Waals surface area contributed by atoms with Gasteiger partial charge in [-0.1, -0.05) is 19.1 Å². The van der Waals surface area contributed by atoms with Crippen molar-refractivity contribution in [3.63, 3.8) is 0 Å². The second-order valence-corrected chi connectivity index (χ2v) is 4.88. The first-order valence-corrected chi connectivity index (χ1v) is 5.93. The Morgan fingerprint density at radius 3 is 2.71 bits per heavy atom. The van der Waals surface area contributed by atoms with Crippen LogP contribution in [0, 0.1) is 7.05 Å². The monoisotopic (exact) mass is 230 g/mol. The van der Waals surface area contributed by atoms with Gasteiger partial charge in [0.15, 0.2) is 0 Å². The lowest BCUT2D eigenvalue weighted by molar-refractivity contribution is 0.0800. The normalized spacial score (nSPS) is 12.3. The van der Waals surface area contributed by atoms with E-state index in [9.17, 15) is 5.11 Å². The van der Waals surface area contributed by atoms with Gasteiger partial charge in [0, 0.05) is 12.0 Å². The Hall–Kier alpha value is -1.35. The van der Waals surface area contributed by atoms with E-state index in [-0.39, 0.29) is 0 Å². The van der Waals surface area contributed by atoms with Crippen LogP contribution in [0.4, 0.5) is 0 Å². The van der Waals surface area contributed by atoms with Crippen LogP contribution < -0.4 is 0 Å². The van der Waals surface area contributed by atoms with Crippen LogP contribution in [0.5, 0.6) is 0 Å². The van der Waals surface area contributed by atoms with E-state index in [0.717, 1.165) is 35.3 Å². The summed E-state index contributed by atoms with van der Waals surface area (Å²) in [6.45, 7) is 5.61. The van der Waals surface area contributed by atoms with Gasteiger partial charge < -0.3 is 9.67 Å². The van der Waals surface area contributed by atoms with Crippen molar-refractivity contribution in [2.45, 2.75) is 39.2 Å². The fourth-order valence-corrected chi connectivity index (χ4v) is 2.06. The molecule has 0 aliphatic carbocycles. The number of rotatable bonds is 3. The summed E-state index contributed by atoms with van der Waals surface area (Å²) in [5.41, 5.74) is 1.58. The third kappa shape index (κ3) is 2.07. The Morgan fingerprint density at radius 2 is 2.12 bits per heavy atom. The van der Waals surface area contributed by atoms with E-state index in [0.29, 0.717) is 0 Å². The molecule has 0 amide bonds. The van der Waals surface area contributed by atoms with Crippen LogP contribution >= 0.6 is 0 Å². The Morgan fingerprint density at radius 1 is 1.41 bits per heavy atom. The Kier molecular flexibility index (Phi) is 2.96. The molecule has 1 aromatic heterocycles. The first kappa shape index (κ1) is 12.1. The number of hydrogen-bond acceptors (Lipinski definition) is 2. The second-order valence-electron chi connectivity index (χ2n) is 4.88. The summed E-state index contributed by atoms with van der Waals surface area (Å²) in [4.78, 5) is 4.55. The molecular formula is C14H18N2O. The summed E-state index contributed by atoms with van der Waals surface area (Å²) in [5.74, 6) is 0.860. The highest BCUT2D eigenvalue weighted by molar-refractivity contribution is 5.80. The van der Waals surface area contributed by atoms with E-state index in [2.05, 4.69) is 11.9 Å². The quantitative estimate of drug-likeness (QED) is 0.880. The maximum absolute atomic E-state index is 10.1. The highest BCUT2D eigenvalue weighted by Crippen LogP contribution is 2.28. The van der Waals surface area contributed by atoms with Crippen LogP contribution in [0.25, 0.3) is 11.0 Å². The van der Waals surface area contributed by atoms with Crippen molar-refractivity contribution in [2.24, 2.45) is 0 Å². The predicted octanol–water partition coefficient (Wildman–Crippen LogP) is 2.73. The maximum Gasteiger partial charge on any atom is 0.110 e. The van der Waals surface area contributed by atoms with E-state index in [1.807, 2.05) is 18.2 Å². The van der Waals surface area contributed by atoms with Gasteiger partial charge in [-0.15, -0.1) is 0 Å². The topological polar surface area (TPSA) is 38.0 Å². The number of fused-ring (bicyclic) bond motifs is 1. The van der Waals surface area contributed by atoms with Crippen LogP contribution in [0.15, 0.2) is 18.2 Å². The Labute approximate surface area is 102 Å². The number of nitrogens with zero attached hydrogens (tertiary/aromatic N) is 2. The summed E-state index contributed by atoms with van der Waals surface area (Å²) < 4.78 is 1.62. The van der Waals surface area contributed by atoms with Gasteiger partial charge in [-0.2, -0.15) is 0 Å². The van der Waals surface area contributed by atoms with Gasteiger partial charge in [-0.05, 0) is 26.3 Å². The van der Waals surface area contributed by atoms with E-state index < -0.39 is 5.60 Å². The predicted molar refractivity (Wildman–Crippen MR) is 68.7 cm³/mol. The van der Waals surface area contributed by atoms with Crippen molar-refractivity contribution in [2.75, 3.05) is 0 Å². The molecule has 0 unspecified atom stereocenters. The van der Waals surface area contributed by atoms with Crippen LogP contribution in [0.1, 0.15) is 38.6 Å². The molecule has 1 aromatic carbocycles. The number of aryl methyl sites for hydroxylation is 1. The zero-order chi connectivity index (χ0) is 12.6. The lowest BCUT2D eigenvalue weighted by Gasteiger charge is -2.17. The summed E-state index contributed by atoms with van der Waals surface area (Å²) in [7, 11) is 6.01. The summed E-state index contributed by atoms with van der Waals surface area (Å²) in [6, 6.07) is 5.72. The third-order valence-corrected chi connectivity index (χ3v) is 2.93. The molecule has 0 aliphatic heterocycles. The van der Waals surface area contributed by atoms with E-state index >= 15 is 0 Å². The Bertz CT molecular complexity index is 535. The minimum absolute atomic E-state index is 0.797. The average Bonchev–Trinajstić information content (AvgIpc) is 2.55. The van der Waals surface area contributed by atoms with Crippen molar-refractivity contribution < 1.29 is 5.11 Å². The minimum atomic E-state index is -0.905. The van der Waals surface area contributed by atoms with Gasteiger partial charge in [0.1, 0.15) is 5.82 Å². The van der Waals surface area contributed by atoms with Crippen LogP contribution in [0.2, 0.25) is 0 Å². The molecule has 2 radical (unpaired) electrons. The van der Waals surface area contributed by atoms with Crippen LogP contribution in [-0.4, -0.2) is 14.7 Å². The first-order valence-electron chi connectivity index (χ1n) is 5.93. The lowest BCUT2D eigenvalue weighted by Crippen LogP contribution is -2.15. The molecule has 90 valence electrons. The molecule has 0 saturated carbocycles. The number of aliphatic hydroxyl groups is 1. The van der Waals surface area contributed by atoms with E-state index in [1.165, 1.54) is 0 Å². The zero-order valence-electron chi connectivity index (χ0n) is 10.6. The molecule has 2 aromatic rings. The zero-order valence-corrected chi connectivity index (χ0v) is 10.6. The van der Waals surface area contributed by atoms with Crippen molar-refractivity contribution in [1.82, 2.24) is 9.55 Å². The van der Waals surface area contributed by atoms with Crippen LogP contribution in [0.3, 0.4) is 0 Å². The number of benzene rings is 1. The van der Waals surface area contributed by atoms with Gasteiger partial charge in [-0.3, -0.25) is 0 Å². The van der Waals surface area contributed by atoms with Gasteiger partial charge in [0.05, 0.1) is 23.7 Å². The molecule has 0 saturated heterocycles. The van der Waals surface area contributed by atoms with Gasteiger partial charge in [0.2, 0.25) is 0 Å². The lowest BCUT2D eigenvalue weighted by atomic mass is 9.97. The molecule has 0 aliphatic rings. The molecule has 1 N–H and O–H groups in total. The van der Waals surface area contributed by atoms with Crippen molar-refractivity contribution in [1.29, 1.82) is 0 Å². The van der Waals surface area contributed by atoms with E-state index in [1.54, 1.807) is 18.4 Å². The average molecular weight is 230 g/mol. The van der Waals surface area contributed by atoms with E-state index in [4.69, 9.17) is 7.05 Å². The van der Waals surface area contributed by atoms with Crippen molar-refractivity contribution in [3.8, 4) is 0 Å².